The van der Waals surface area contributed by atoms with E-state index in [0.29, 0.717) is 0 Å². The van der Waals surface area contributed by atoms with E-state index >= 15 is 0 Å². The third-order valence-electron chi connectivity index (χ3n) is 3.93. The van der Waals surface area contributed by atoms with E-state index in [4.69, 9.17) is 0 Å². The Morgan fingerprint density at radius 3 is 2.56 bits per heavy atom. The zero-order chi connectivity index (χ0) is 11.6. The van der Waals surface area contributed by atoms with Crippen LogP contribution in [0.25, 0.3) is 0 Å². The molecule has 1 aromatic carbocycles. The van der Waals surface area contributed by atoms with Gasteiger partial charge in [-0.15, -0.1) is 0 Å². The number of rotatable bonds is 2. The van der Waals surface area contributed by atoms with E-state index in [1.54, 1.807) is 0 Å². The zero-order valence-corrected chi connectivity index (χ0v) is 11.7. The number of benzene rings is 1. The molecule has 2 heteroatoms. The standard InChI is InChI=1S/C14H20BrN/c1-14(2,11-6-8-16-9-7-11)12-4-3-5-13(15)10-12/h3-5,10-11,16H,6-9H2,1-2H3. The molecule has 1 aliphatic heterocycles. The van der Waals surface area contributed by atoms with E-state index in [1.165, 1.54) is 36.0 Å². The second-order valence-electron chi connectivity index (χ2n) is 5.26. The SMILES string of the molecule is CC(C)(c1cccc(Br)c1)C1CCNCC1. The smallest absolute Gasteiger partial charge is 0.0178 e. The van der Waals surface area contributed by atoms with Gasteiger partial charge in [-0.1, -0.05) is 41.9 Å². The van der Waals surface area contributed by atoms with E-state index in [2.05, 4.69) is 59.4 Å². The molecule has 88 valence electrons. The quantitative estimate of drug-likeness (QED) is 0.871. The maximum atomic E-state index is 3.57. The molecule has 0 radical (unpaired) electrons. The summed E-state index contributed by atoms with van der Waals surface area (Å²) in [5.74, 6) is 0.794. The summed E-state index contributed by atoms with van der Waals surface area (Å²) >= 11 is 3.57. The molecule has 0 atom stereocenters. The summed E-state index contributed by atoms with van der Waals surface area (Å²) < 4.78 is 1.19. The Bertz CT molecular complexity index is 354. The van der Waals surface area contributed by atoms with Gasteiger partial charge >= 0.3 is 0 Å². The fourth-order valence-corrected chi connectivity index (χ4v) is 3.07. The molecule has 1 saturated heterocycles. The number of piperidine rings is 1. The Morgan fingerprint density at radius 2 is 1.94 bits per heavy atom. The lowest BCUT2D eigenvalue weighted by molar-refractivity contribution is 0.247. The fraction of sp³-hybridized carbons (Fsp3) is 0.571. The van der Waals surface area contributed by atoms with Crippen LogP contribution in [0.1, 0.15) is 32.3 Å². The van der Waals surface area contributed by atoms with Crippen LogP contribution in [0.4, 0.5) is 0 Å². The lowest BCUT2D eigenvalue weighted by Crippen LogP contribution is -2.38. The Labute approximate surface area is 107 Å². The Balaban J connectivity index is 2.22. The van der Waals surface area contributed by atoms with Gasteiger partial charge in [-0.25, -0.2) is 0 Å². The molecule has 0 bridgehead atoms. The minimum Gasteiger partial charge on any atom is -0.317 e. The molecule has 0 spiro atoms. The largest absolute Gasteiger partial charge is 0.317 e. The lowest BCUT2D eigenvalue weighted by atomic mass is 9.70. The molecular formula is C14H20BrN. The minimum absolute atomic E-state index is 0.284. The van der Waals surface area contributed by atoms with Crippen LogP contribution in [0.2, 0.25) is 0 Å². The molecule has 1 nitrogen and oxygen atoms in total. The molecule has 1 aromatic rings. The molecule has 0 amide bonds. The topological polar surface area (TPSA) is 12.0 Å². The molecule has 1 heterocycles. The highest BCUT2D eigenvalue weighted by atomic mass is 79.9. The first-order valence-corrected chi connectivity index (χ1v) is 6.87. The third-order valence-corrected chi connectivity index (χ3v) is 4.42. The molecule has 1 N–H and O–H groups in total. The Hall–Kier alpha value is -0.340. The second-order valence-corrected chi connectivity index (χ2v) is 6.17. The Kier molecular flexibility index (Phi) is 3.70. The summed E-state index contributed by atoms with van der Waals surface area (Å²) in [7, 11) is 0. The summed E-state index contributed by atoms with van der Waals surface area (Å²) in [5, 5.41) is 3.44. The second kappa shape index (κ2) is 4.89. The summed E-state index contributed by atoms with van der Waals surface area (Å²) in [5.41, 5.74) is 1.74. The average molecular weight is 282 g/mol. The molecule has 2 rings (SSSR count). The summed E-state index contributed by atoms with van der Waals surface area (Å²) in [6.45, 7) is 7.10. The first-order chi connectivity index (χ1) is 7.60. The number of hydrogen-bond acceptors (Lipinski definition) is 1. The maximum Gasteiger partial charge on any atom is 0.0178 e. The van der Waals surface area contributed by atoms with Gasteiger partial charge in [-0.2, -0.15) is 0 Å². The zero-order valence-electron chi connectivity index (χ0n) is 10.1. The van der Waals surface area contributed by atoms with Crippen molar-refractivity contribution in [3.63, 3.8) is 0 Å². The van der Waals surface area contributed by atoms with Crippen LogP contribution in [0.15, 0.2) is 28.7 Å². The normalized spacial score (nSPS) is 18.7. The highest BCUT2D eigenvalue weighted by molar-refractivity contribution is 9.10. The summed E-state index contributed by atoms with van der Waals surface area (Å²) in [4.78, 5) is 0. The fourth-order valence-electron chi connectivity index (χ4n) is 2.67. The molecular weight excluding hydrogens is 262 g/mol. The molecule has 0 unspecified atom stereocenters. The van der Waals surface area contributed by atoms with Gasteiger partial charge in [0.2, 0.25) is 0 Å². The minimum atomic E-state index is 0.284. The van der Waals surface area contributed by atoms with E-state index < -0.39 is 0 Å². The van der Waals surface area contributed by atoms with Crippen molar-refractivity contribution in [2.75, 3.05) is 13.1 Å². The molecule has 0 aliphatic carbocycles. The van der Waals surface area contributed by atoms with Crippen molar-refractivity contribution in [2.45, 2.75) is 32.1 Å². The van der Waals surface area contributed by atoms with Gasteiger partial charge in [0.15, 0.2) is 0 Å². The van der Waals surface area contributed by atoms with Crippen LogP contribution in [0.5, 0.6) is 0 Å². The van der Waals surface area contributed by atoms with Crippen molar-refractivity contribution in [1.29, 1.82) is 0 Å². The number of halogens is 1. The van der Waals surface area contributed by atoms with Crippen molar-refractivity contribution < 1.29 is 0 Å². The van der Waals surface area contributed by atoms with Crippen molar-refractivity contribution in [1.82, 2.24) is 5.32 Å². The monoisotopic (exact) mass is 281 g/mol. The molecule has 16 heavy (non-hydrogen) atoms. The van der Waals surface area contributed by atoms with Crippen LogP contribution >= 0.6 is 15.9 Å². The van der Waals surface area contributed by atoms with E-state index in [1.807, 2.05) is 0 Å². The molecule has 0 aromatic heterocycles. The number of hydrogen-bond donors (Lipinski definition) is 1. The van der Waals surface area contributed by atoms with E-state index in [9.17, 15) is 0 Å². The first-order valence-electron chi connectivity index (χ1n) is 6.07. The van der Waals surface area contributed by atoms with Crippen LogP contribution < -0.4 is 5.32 Å². The predicted octanol–water partition coefficient (Wildman–Crippen LogP) is 3.73. The van der Waals surface area contributed by atoms with Crippen LogP contribution in [0, 0.1) is 5.92 Å². The highest BCUT2D eigenvalue weighted by Crippen LogP contribution is 2.37. The van der Waals surface area contributed by atoms with Gasteiger partial charge in [0, 0.05) is 4.47 Å². The van der Waals surface area contributed by atoms with Gasteiger partial charge in [-0.3, -0.25) is 0 Å². The van der Waals surface area contributed by atoms with E-state index in [-0.39, 0.29) is 5.41 Å². The van der Waals surface area contributed by atoms with Crippen molar-refractivity contribution in [3.8, 4) is 0 Å². The number of nitrogens with one attached hydrogen (secondary N) is 1. The van der Waals surface area contributed by atoms with Gasteiger partial charge in [-0.05, 0) is 55.0 Å². The summed E-state index contributed by atoms with van der Waals surface area (Å²) in [6, 6.07) is 8.76. The maximum absolute atomic E-state index is 3.57. The van der Waals surface area contributed by atoms with Gasteiger partial charge in [0.25, 0.3) is 0 Å². The Morgan fingerprint density at radius 1 is 1.25 bits per heavy atom. The molecule has 0 saturated carbocycles. The summed E-state index contributed by atoms with van der Waals surface area (Å²) in [6.07, 6.45) is 2.58. The van der Waals surface area contributed by atoms with Crippen LogP contribution in [-0.2, 0) is 5.41 Å². The van der Waals surface area contributed by atoms with Crippen molar-refractivity contribution in [3.05, 3.63) is 34.3 Å². The van der Waals surface area contributed by atoms with Crippen molar-refractivity contribution in [2.24, 2.45) is 5.92 Å². The van der Waals surface area contributed by atoms with Crippen LogP contribution in [-0.4, -0.2) is 13.1 Å². The molecule has 1 aliphatic rings. The third kappa shape index (κ3) is 2.49. The van der Waals surface area contributed by atoms with Gasteiger partial charge < -0.3 is 5.32 Å². The van der Waals surface area contributed by atoms with Gasteiger partial charge in [0.05, 0.1) is 0 Å². The lowest BCUT2D eigenvalue weighted by Gasteiger charge is -2.38. The first kappa shape index (κ1) is 12.1. The van der Waals surface area contributed by atoms with E-state index in [0.717, 1.165) is 5.92 Å². The van der Waals surface area contributed by atoms with Gasteiger partial charge in [0.1, 0.15) is 0 Å². The predicted molar refractivity (Wildman–Crippen MR) is 72.8 cm³/mol. The van der Waals surface area contributed by atoms with Crippen LogP contribution in [0.3, 0.4) is 0 Å². The highest BCUT2D eigenvalue weighted by Gasteiger charge is 2.31. The average Bonchev–Trinajstić information content (AvgIpc) is 2.30. The van der Waals surface area contributed by atoms with Crippen molar-refractivity contribution >= 4 is 15.9 Å². The molecule has 1 fully saturated rings.